The topological polar surface area (TPSA) is 78.4 Å². The highest BCUT2D eigenvalue weighted by Crippen LogP contribution is 1.98. The van der Waals surface area contributed by atoms with Crippen LogP contribution in [0.2, 0.25) is 0 Å². The highest BCUT2D eigenvalue weighted by molar-refractivity contribution is 5.78. The zero-order valence-electron chi connectivity index (χ0n) is 8.89. The van der Waals surface area contributed by atoms with Gasteiger partial charge in [0.1, 0.15) is 5.78 Å². The number of amides is 2. The third-order valence-corrected chi connectivity index (χ3v) is 1.61. The van der Waals surface area contributed by atoms with Crippen molar-refractivity contribution in [2.75, 3.05) is 13.2 Å². The van der Waals surface area contributed by atoms with E-state index in [4.69, 9.17) is 5.11 Å². The Morgan fingerprint density at radius 3 is 2.36 bits per heavy atom. The van der Waals surface area contributed by atoms with E-state index in [9.17, 15) is 9.59 Å². The van der Waals surface area contributed by atoms with E-state index in [0.29, 0.717) is 13.0 Å². The van der Waals surface area contributed by atoms with Gasteiger partial charge in [-0.25, -0.2) is 4.79 Å². The molecule has 3 N–H and O–H groups in total. The highest BCUT2D eigenvalue weighted by atomic mass is 16.3. The first kappa shape index (κ1) is 12.9. The number of Topliss-reactive ketones (excluding diaryl/α,β-unsaturated/α-hetero) is 1. The number of ketones is 1. The van der Waals surface area contributed by atoms with Crippen molar-refractivity contribution < 1.29 is 14.7 Å². The van der Waals surface area contributed by atoms with E-state index in [1.165, 1.54) is 6.92 Å². The second-order valence-electron chi connectivity index (χ2n) is 3.87. The molecule has 0 bridgehead atoms. The van der Waals surface area contributed by atoms with Gasteiger partial charge in [-0.1, -0.05) is 0 Å². The molecular formula is C9H18N2O3. The molecule has 0 fully saturated rings. The van der Waals surface area contributed by atoms with Gasteiger partial charge in [0.25, 0.3) is 0 Å². The van der Waals surface area contributed by atoms with E-state index < -0.39 is 5.54 Å². The number of carbonyl (C=O) groups is 2. The van der Waals surface area contributed by atoms with E-state index in [0.717, 1.165) is 0 Å². The van der Waals surface area contributed by atoms with Crippen molar-refractivity contribution in [3.05, 3.63) is 0 Å². The van der Waals surface area contributed by atoms with Crippen LogP contribution in [0.25, 0.3) is 0 Å². The van der Waals surface area contributed by atoms with E-state index in [-0.39, 0.29) is 18.4 Å². The maximum atomic E-state index is 11.2. The van der Waals surface area contributed by atoms with Gasteiger partial charge in [0.15, 0.2) is 0 Å². The quantitative estimate of drug-likeness (QED) is 0.588. The number of carbonyl (C=O) groups excluding carboxylic acids is 2. The number of urea groups is 1. The van der Waals surface area contributed by atoms with Crippen LogP contribution in [0.5, 0.6) is 0 Å². The predicted octanol–water partition coefficient (Wildman–Crippen LogP) is 0.0356. The first-order chi connectivity index (χ1) is 6.37. The standard InChI is InChI=1S/C9H18N2O3/c1-7(13)4-5-10-8(14)11-9(2,3)6-12/h12H,4-6H2,1-3H3,(H2,10,11,14). The maximum absolute atomic E-state index is 11.2. The lowest BCUT2D eigenvalue weighted by atomic mass is 10.1. The van der Waals surface area contributed by atoms with Crippen molar-refractivity contribution in [3.8, 4) is 0 Å². The Morgan fingerprint density at radius 2 is 1.93 bits per heavy atom. The average Bonchev–Trinajstić information content (AvgIpc) is 2.02. The smallest absolute Gasteiger partial charge is 0.315 e. The Kier molecular flexibility index (Phi) is 5.15. The fraction of sp³-hybridized carbons (Fsp3) is 0.778. The Labute approximate surface area is 83.9 Å². The van der Waals surface area contributed by atoms with Crippen molar-refractivity contribution in [3.63, 3.8) is 0 Å². The van der Waals surface area contributed by atoms with Crippen LogP contribution in [0.4, 0.5) is 4.79 Å². The number of hydrogen-bond donors (Lipinski definition) is 3. The Hall–Kier alpha value is -1.10. The van der Waals surface area contributed by atoms with Crippen molar-refractivity contribution in [2.24, 2.45) is 0 Å². The first-order valence-corrected chi connectivity index (χ1v) is 4.54. The van der Waals surface area contributed by atoms with Crippen LogP contribution in [0.1, 0.15) is 27.2 Å². The second kappa shape index (κ2) is 5.59. The molecule has 0 aliphatic heterocycles. The molecule has 0 unspecified atom stereocenters. The minimum atomic E-state index is -0.639. The highest BCUT2D eigenvalue weighted by Gasteiger charge is 2.18. The first-order valence-electron chi connectivity index (χ1n) is 4.54. The number of nitrogens with one attached hydrogen (secondary N) is 2. The largest absolute Gasteiger partial charge is 0.394 e. The lowest BCUT2D eigenvalue weighted by Gasteiger charge is -2.23. The lowest BCUT2D eigenvalue weighted by Crippen LogP contribution is -2.50. The molecule has 0 aromatic rings. The van der Waals surface area contributed by atoms with Crippen molar-refractivity contribution in [1.29, 1.82) is 0 Å². The summed E-state index contributed by atoms with van der Waals surface area (Å²) >= 11 is 0. The third kappa shape index (κ3) is 6.42. The third-order valence-electron chi connectivity index (χ3n) is 1.61. The van der Waals surface area contributed by atoms with Crippen LogP contribution in [-0.2, 0) is 4.79 Å². The van der Waals surface area contributed by atoms with E-state index >= 15 is 0 Å². The van der Waals surface area contributed by atoms with E-state index in [1.807, 2.05) is 0 Å². The number of rotatable bonds is 5. The number of aliphatic hydroxyl groups is 1. The van der Waals surface area contributed by atoms with Gasteiger partial charge >= 0.3 is 6.03 Å². The van der Waals surface area contributed by atoms with Gasteiger partial charge < -0.3 is 15.7 Å². The Balaban J connectivity index is 3.71. The van der Waals surface area contributed by atoms with Crippen LogP contribution >= 0.6 is 0 Å². The van der Waals surface area contributed by atoms with Gasteiger partial charge in [-0.3, -0.25) is 4.79 Å². The van der Waals surface area contributed by atoms with Crippen molar-refractivity contribution >= 4 is 11.8 Å². The SMILES string of the molecule is CC(=O)CCNC(=O)NC(C)(C)CO. The van der Waals surface area contributed by atoms with Crippen LogP contribution in [0.3, 0.4) is 0 Å². The van der Waals surface area contributed by atoms with Gasteiger partial charge in [0, 0.05) is 13.0 Å². The summed E-state index contributed by atoms with van der Waals surface area (Å²) in [6, 6.07) is -0.370. The molecular weight excluding hydrogens is 184 g/mol. The molecule has 0 saturated heterocycles. The summed E-state index contributed by atoms with van der Waals surface area (Å²) in [5, 5.41) is 14.0. The molecule has 0 saturated carbocycles. The van der Waals surface area contributed by atoms with E-state index in [1.54, 1.807) is 13.8 Å². The summed E-state index contributed by atoms with van der Waals surface area (Å²) in [6.45, 7) is 5.07. The van der Waals surface area contributed by atoms with Gasteiger partial charge in [-0.05, 0) is 20.8 Å². The zero-order chi connectivity index (χ0) is 11.2. The summed E-state index contributed by atoms with van der Waals surface area (Å²) in [4.78, 5) is 21.7. The fourth-order valence-corrected chi connectivity index (χ4v) is 0.743. The molecule has 0 rings (SSSR count). The predicted molar refractivity (Wildman–Crippen MR) is 53.0 cm³/mol. The molecule has 0 spiro atoms. The monoisotopic (exact) mass is 202 g/mol. The van der Waals surface area contributed by atoms with Gasteiger partial charge in [0.2, 0.25) is 0 Å². The minimum Gasteiger partial charge on any atom is -0.394 e. The average molecular weight is 202 g/mol. The molecule has 14 heavy (non-hydrogen) atoms. The minimum absolute atomic E-state index is 0.0340. The summed E-state index contributed by atoms with van der Waals surface area (Å²) in [7, 11) is 0. The lowest BCUT2D eigenvalue weighted by molar-refractivity contribution is -0.116. The van der Waals surface area contributed by atoms with Crippen LogP contribution < -0.4 is 10.6 Å². The molecule has 2 amide bonds. The van der Waals surface area contributed by atoms with Crippen LogP contribution in [0, 0.1) is 0 Å². The Bertz CT molecular complexity index is 214. The summed E-state index contributed by atoms with van der Waals surface area (Å²) in [5.41, 5.74) is -0.639. The fourth-order valence-electron chi connectivity index (χ4n) is 0.743. The molecule has 5 nitrogen and oxygen atoms in total. The molecule has 0 aliphatic rings. The summed E-state index contributed by atoms with van der Waals surface area (Å²) < 4.78 is 0. The van der Waals surface area contributed by atoms with Crippen molar-refractivity contribution in [2.45, 2.75) is 32.7 Å². The molecule has 0 heterocycles. The normalized spacial score (nSPS) is 10.9. The van der Waals surface area contributed by atoms with Crippen LogP contribution in [0.15, 0.2) is 0 Å². The molecule has 0 aliphatic carbocycles. The summed E-state index contributed by atoms with van der Waals surface area (Å²) in [5.74, 6) is 0.0340. The molecule has 0 aromatic heterocycles. The number of aliphatic hydroxyl groups excluding tert-OH is 1. The second-order valence-corrected chi connectivity index (χ2v) is 3.87. The molecule has 0 atom stereocenters. The molecule has 0 radical (unpaired) electrons. The molecule has 5 heteroatoms. The van der Waals surface area contributed by atoms with Gasteiger partial charge in [0.05, 0.1) is 12.1 Å². The molecule has 0 aromatic carbocycles. The van der Waals surface area contributed by atoms with Gasteiger partial charge in [-0.2, -0.15) is 0 Å². The number of hydrogen-bond acceptors (Lipinski definition) is 3. The molecule has 82 valence electrons. The van der Waals surface area contributed by atoms with Gasteiger partial charge in [-0.15, -0.1) is 0 Å². The zero-order valence-corrected chi connectivity index (χ0v) is 8.89. The van der Waals surface area contributed by atoms with Crippen molar-refractivity contribution in [1.82, 2.24) is 10.6 Å². The summed E-state index contributed by atoms with van der Waals surface area (Å²) in [6.07, 6.45) is 0.326. The van der Waals surface area contributed by atoms with Crippen LogP contribution in [-0.4, -0.2) is 35.6 Å². The van der Waals surface area contributed by atoms with E-state index in [2.05, 4.69) is 10.6 Å². The Morgan fingerprint density at radius 1 is 1.36 bits per heavy atom. The maximum Gasteiger partial charge on any atom is 0.315 e.